The predicted octanol–water partition coefficient (Wildman–Crippen LogP) is 4.65. The summed E-state index contributed by atoms with van der Waals surface area (Å²) in [6.45, 7) is 2.88. The third-order valence-electron chi connectivity index (χ3n) is 5.38. The van der Waals surface area contributed by atoms with E-state index in [0.29, 0.717) is 6.54 Å². The summed E-state index contributed by atoms with van der Waals surface area (Å²) in [7, 11) is 1.70. The molecule has 1 fully saturated rings. The summed E-state index contributed by atoms with van der Waals surface area (Å²) in [6.07, 6.45) is 7.65. The SMILES string of the molecule is CCc1cc(CCNC(=O)C2CCCCC2)c2cc(OC)ccc2c1. The number of aryl methyl sites for hydroxylation is 1. The second-order valence-electron chi connectivity index (χ2n) is 7.07. The van der Waals surface area contributed by atoms with Gasteiger partial charge in [-0.15, -0.1) is 0 Å². The van der Waals surface area contributed by atoms with Gasteiger partial charge in [-0.1, -0.05) is 44.4 Å². The van der Waals surface area contributed by atoms with E-state index in [1.165, 1.54) is 41.2 Å². The lowest BCUT2D eigenvalue weighted by Crippen LogP contribution is -2.33. The molecule has 2 aromatic carbocycles. The average molecular weight is 339 g/mol. The van der Waals surface area contributed by atoms with Crippen LogP contribution < -0.4 is 10.1 Å². The van der Waals surface area contributed by atoms with E-state index < -0.39 is 0 Å². The Labute approximate surface area is 150 Å². The van der Waals surface area contributed by atoms with E-state index in [2.05, 4.69) is 36.5 Å². The summed E-state index contributed by atoms with van der Waals surface area (Å²) >= 11 is 0. The van der Waals surface area contributed by atoms with Gasteiger partial charge in [-0.25, -0.2) is 0 Å². The van der Waals surface area contributed by atoms with Gasteiger partial charge >= 0.3 is 0 Å². The third-order valence-corrected chi connectivity index (χ3v) is 5.38. The highest BCUT2D eigenvalue weighted by Crippen LogP contribution is 2.27. The first-order chi connectivity index (χ1) is 12.2. The molecule has 0 aromatic heterocycles. The summed E-state index contributed by atoms with van der Waals surface area (Å²) < 4.78 is 5.39. The summed E-state index contributed by atoms with van der Waals surface area (Å²) in [5.74, 6) is 1.35. The van der Waals surface area contributed by atoms with Crippen LogP contribution in [0.15, 0.2) is 30.3 Å². The molecule has 1 saturated carbocycles. The number of rotatable bonds is 6. The lowest BCUT2D eigenvalue weighted by Gasteiger charge is -2.21. The normalized spacial score (nSPS) is 15.3. The molecule has 0 spiro atoms. The molecule has 0 unspecified atom stereocenters. The zero-order chi connectivity index (χ0) is 17.6. The first kappa shape index (κ1) is 17.8. The Bertz CT molecular complexity index is 732. The number of hydrogen-bond acceptors (Lipinski definition) is 2. The van der Waals surface area contributed by atoms with E-state index >= 15 is 0 Å². The van der Waals surface area contributed by atoms with Crippen molar-refractivity contribution < 1.29 is 9.53 Å². The van der Waals surface area contributed by atoms with Gasteiger partial charge in [-0.05, 0) is 59.7 Å². The number of methoxy groups -OCH3 is 1. The number of ether oxygens (including phenoxy) is 1. The molecule has 1 aliphatic rings. The van der Waals surface area contributed by atoms with Crippen LogP contribution in [-0.2, 0) is 17.6 Å². The maximum atomic E-state index is 12.3. The van der Waals surface area contributed by atoms with Crippen LogP contribution in [0.5, 0.6) is 5.75 Å². The van der Waals surface area contributed by atoms with Gasteiger partial charge in [-0.3, -0.25) is 4.79 Å². The minimum atomic E-state index is 0.229. The van der Waals surface area contributed by atoms with Crippen LogP contribution in [0.4, 0.5) is 0 Å². The third kappa shape index (κ3) is 4.33. The van der Waals surface area contributed by atoms with E-state index in [9.17, 15) is 4.79 Å². The van der Waals surface area contributed by atoms with Crippen LogP contribution in [0, 0.1) is 5.92 Å². The highest BCUT2D eigenvalue weighted by atomic mass is 16.5. The van der Waals surface area contributed by atoms with Crippen molar-refractivity contribution in [1.82, 2.24) is 5.32 Å². The molecule has 0 saturated heterocycles. The number of benzene rings is 2. The second kappa shape index (κ2) is 8.37. The highest BCUT2D eigenvalue weighted by molar-refractivity contribution is 5.88. The standard InChI is InChI=1S/C22H29NO2/c1-3-16-13-18-9-10-20(25-2)15-21(18)19(14-16)11-12-23-22(24)17-7-5-4-6-8-17/h9-10,13-15,17H,3-8,11-12H2,1-2H3,(H,23,24). The van der Waals surface area contributed by atoms with Crippen molar-refractivity contribution >= 4 is 16.7 Å². The molecule has 0 aliphatic heterocycles. The van der Waals surface area contributed by atoms with E-state index in [1.54, 1.807) is 7.11 Å². The Morgan fingerprint density at radius 1 is 1.16 bits per heavy atom. The van der Waals surface area contributed by atoms with Crippen molar-refractivity contribution in [2.24, 2.45) is 5.92 Å². The highest BCUT2D eigenvalue weighted by Gasteiger charge is 2.20. The van der Waals surface area contributed by atoms with Crippen molar-refractivity contribution in [3.8, 4) is 5.75 Å². The van der Waals surface area contributed by atoms with Crippen LogP contribution in [0.3, 0.4) is 0 Å². The summed E-state index contributed by atoms with van der Waals surface area (Å²) in [6, 6.07) is 10.8. The average Bonchev–Trinajstić information content (AvgIpc) is 2.67. The molecule has 3 rings (SSSR count). The Kier molecular flexibility index (Phi) is 5.95. The minimum absolute atomic E-state index is 0.229. The molecule has 134 valence electrons. The minimum Gasteiger partial charge on any atom is -0.497 e. The molecule has 0 heterocycles. The molecule has 0 atom stereocenters. The van der Waals surface area contributed by atoms with Gasteiger partial charge in [0, 0.05) is 12.5 Å². The number of fused-ring (bicyclic) bond motifs is 1. The Morgan fingerprint density at radius 3 is 2.68 bits per heavy atom. The molecule has 0 bridgehead atoms. The van der Waals surface area contributed by atoms with Crippen LogP contribution in [0.2, 0.25) is 0 Å². The molecule has 0 radical (unpaired) electrons. The van der Waals surface area contributed by atoms with Gasteiger partial charge in [-0.2, -0.15) is 0 Å². The van der Waals surface area contributed by atoms with E-state index in [4.69, 9.17) is 4.74 Å². The van der Waals surface area contributed by atoms with Crippen LogP contribution in [0.25, 0.3) is 10.8 Å². The zero-order valence-electron chi connectivity index (χ0n) is 15.4. The first-order valence-corrected chi connectivity index (χ1v) is 9.58. The van der Waals surface area contributed by atoms with E-state index in [1.807, 2.05) is 6.07 Å². The summed E-state index contributed by atoms with van der Waals surface area (Å²) in [5, 5.41) is 5.63. The molecule has 3 heteroatoms. The second-order valence-corrected chi connectivity index (χ2v) is 7.07. The molecule has 2 aromatic rings. The number of carbonyl (C=O) groups is 1. The van der Waals surface area contributed by atoms with Crippen molar-refractivity contribution in [3.05, 3.63) is 41.5 Å². The molecular formula is C22H29NO2. The molecule has 1 aliphatic carbocycles. The van der Waals surface area contributed by atoms with E-state index in [0.717, 1.165) is 31.4 Å². The van der Waals surface area contributed by atoms with E-state index in [-0.39, 0.29) is 11.8 Å². The van der Waals surface area contributed by atoms with Crippen LogP contribution in [0.1, 0.15) is 50.2 Å². The lowest BCUT2D eigenvalue weighted by atomic mass is 9.88. The van der Waals surface area contributed by atoms with Crippen molar-refractivity contribution in [2.45, 2.75) is 51.9 Å². The molecular weight excluding hydrogens is 310 g/mol. The fraction of sp³-hybridized carbons (Fsp3) is 0.500. The van der Waals surface area contributed by atoms with Gasteiger partial charge in [0.1, 0.15) is 5.75 Å². The maximum Gasteiger partial charge on any atom is 0.223 e. The van der Waals surface area contributed by atoms with Gasteiger partial charge in [0.2, 0.25) is 5.91 Å². The molecule has 1 amide bonds. The maximum absolute atomic E-state index is 12.3. The van der Waals surface area contributed by atoms with Gasteiger partial charge in [0.05, 0.1) is 7.11 Å². The van der Waals surface area contributed by atoms with Crippen molar-refractivity contribution in [1.29, 1.82) is 0 Å². The Balaban J connectivity index is 1.72. The molecule has 25 heavy (non-hydrogen) atoms. The Morgan fingerprint density at radius 2 is 1.96 bits per heavy atom. The van der Waals surface area contributed by atoms with Crippen molar-refractivity contribution in [3.63, 3.8) is 0 Å². The predicted molar refractivity (Wildman–Crippen MR) is 103 cm³/mol. The first-order valence-electron chi connectivity index (χ1n) is 9.58. The Hall–Kier alpha value is -2.03. The van der Waals surface area contributed by atoms with Gasteiger partial charge < -0.3 is 10.1 Å². The molecule has 1 N–H and O–H groups in total. The summed E-state index contributed by atoms with van der Waals surface area (Å²) in [4.78, 5) is 12.3. The molecule has 3 nitrogen and oxygen atoms in total. The number of nitrogens with one attached hydrogen (secondary N) is 1. The summed E-state index contributed by atoms with van der Waals surface area (Å²) in [5.41, 5.74) is 2.63. The topological polar surface area (TPSA) is 38.3 Å². The number of hydrogen-bond donors (Lipinski definition) is 1. The van der Waals surface area contributed by atoms with Crippen molar-refractivity contribution in [2.75, 3.05) is 13.7 Å². The zero-order valence-corrected chi connectivity index (χ0v) is 15.4. The number of carbonyl (C=O) groups excluding carboxylic acids is 1. The van der Waals surface area contributed by atoms with Gasteiger partial charge in [0.15, 0.2) is 0 Å². The smallest absolute Gasteiger partial charge is 0.223 e. The van der Waals surface area contributed by atoms with Crippen LogP contribution in [-0.4, -0.2) is 19.6 Å². The fourth-order valence-electron chi connectivity index (χ4n) is 3.85. The fourth-order valence-corrected chi connectivity index (χ4v) is 3.85. The van der Waals surface area contributed by atoms with Crippen LogP contribution >= 0.6 is 0 Å². The quantitative estimate of drug-likeness (QED) is 0.832. The largest absolute Gasteiger partial charge is 0.497 e. The number of amides is 1. The lowest BCUT2D eigenvalue weighted by molar-refractivity contribution is -0.125. The van der Waals surface area contributed by atoms with Gasteiger partial charge in [0.25, 0.3) is 0 Å². The monoisotopic (exact) mass is 339 g/mol.